The number of aryl methyl sites for hydroxylation is 2. The summed E-state index contributed by atoms with van der Waals surface area (Å²) in [6, 6.07) is 14.5. The molecule has 2 nitrogen and oxygen atoms in total. The van der Waals surface area contributed by atoms with E-state index in [9.17, 15) is 0 Å². The fourth-order valence-electron chi connectivity index (χ4n) is 2.52. The molecule has 3 rings (SSSR count). The number of nitrogens with zero attached hydrogens (tertiary/aromatic N) is 1. The Morgan fingerprint density at radius 2 is 1.80 bits per heavy atom. The van der Waals surface area contributed by atoms with Crippen LogP contribution in [0, 0.1) is 19.9 Å². The third-order valence-corrected chi connectivity index (χ3v) is 4.17. The summed E-state index contributed by atoms with van der Waals surface area (Å²) in [6.45, 7) is 17.6. The standard InChI is InChI=1S/C13H18O.C7H5N.C2H6.Y/c1-5-13(4)8-11-9(2)6-7-10(3)12(11)14-13;1-8-7-5-3-2-4-6-7;1-2;/h6-7H,5,8H2,1-4H3;1-5H;1-2H3;/q;-2;;. The van der Waals surface area contributed by atoms with Crippen LogP contribution >= 0.6 is 0 Å². The van der Waals surface area contributed by atoms with Crippen molar-refractivity contribution in [3.63, 3.8) is 0 Å². The number of hydrogen-bond donors (Lipinski definition) is 0. The van der Waals surface area contributed by atoms with Gasteiger partial charge in [-0.15, -0.1) is 0 Å². The molecule has 2 aromatic carbocycles. The van der Waals surface area contributed by atoms with Crippen molar-refractivity contribution in [2.75, 3.05) is 0 Å². The maximum absolute atomic E-state index is 6.06. The number of hydrogen-bond acceptors (Lipinski definition) is 2. The zero-order valence-corrected chi connectivity index (χ0v) is 19.2. The Bertz CT molecular complexity index is 622. The normalized spacial score (nSPS) is 16.7. The molecule has 25 heavy (non-hydrogen) atoms. The van der Waals surface area contributed by atoms with Gasteiger partial charge in [0.15, 0.2) is 0 Å². The van der Waals surface area contributed by atoms with Gasteiger partial charge in [-0.2, -0.15) is 24.9 Å². The molecule has 1 radical (unpaired) electrons. The average Bonchev–Trinajstić information content (AvgIpc) is 3.01. The SMILES string of the molecule is CC.CCC1(C)Cc2c(C)ccc(C)c2O1.[CH-]=Nc1[c-]cccc1.[Y]. The molecule has 1 aliphatic heterocycles. The van der Waals surface area contributed by atoms with Gasteiger partial charge in [-0.25, -0.2) is 11.8 Å². The summed E-state index contributed by atoms with van der Waals surface area (Å²) < 4.78 is 6.06. The minimum absolute atomic E-state index is 0. The van der Waals surface area contributed by atoms with E-state index in [4.69, 9.17) is 11.5 Å². The summed E-state index contributed by atoms with van der Waals surface area (Å²) in [5, 5.41) is 0. The van der Waals surface area contributed by atoms with Crippen molar-refractivity contribution in [1.82, 2.24) is 0 Å². The number of rotatable bonds is 2. The predicted molar refractivity (Wildman–Crippen MR) is 104 cm³/mol. The molecular weight excluding hydrogens is 383 g/mol. The van der Waals surface area contributed by atoms with Crippen molar-refractivity contribution in [2.24, 2.45) is 4.99 Å². The van der Waals surface area contributed by atoms with E-state index in [1.54, 1.807) is 12.1 Å². The molecule has 1 aliphatic rings. The summed E-state index contributed by atoms with van der Waals surface area (Å²) in [7, 11) is 0. The number of fused-ring (bicyclic) bond motifs is 1. The zero-order chi connectivity index (χ0) is 18.2. The molecule has 0 aliphatic carbocycles. The second-order valence-corrected chi connectivity index (χ2v) is 5.97. The Labute approximate surface area is 179 Å². The van der Waals surface area contributed by atoms with E-state index < -0.39 is 0 Å². The van der Waals surface area contributed by atoms with Gasteiger partial charge in [0.2, 0.25) is 0 Å². The summed E-state index contributed by atoms with van der Waals surface area (Å²) in [4.78, 5) is 3.42. The molecule has 0 saturated carbocycles. The monoisotopic (exact) mass is 412 g/mol. The van der Waals surface area contributed by atoms with Gasteiger partial charge in [-0.05, 0) is 38.3 Å². The fourth-order valence-corrected chi connectivity index (χ4v) is 2.52. The van der Waals surface area contributed by atoms with Crippen LogP contribution in [0.1, 0.15) is 50.8 Å². The van der Waals surface area contributed by atoms with Crippen molar-refractivity contribution >= 4 is 12.4 Å². The number of benzene rings is 2. The molecule has 0 N–H and O–H groups in total. The number of aliphatic imine (C=N–C) groups is 1. The van der Waals surface area contributed by atoms with Gasteiger partial charge >= 0.3 is 0 Å². The molecule has 0 aromatic heterocycles. The summed E-state index contributed by atoms with van der Waals surface area (Å²) >= 11 is 0. The largest absolute Gasteiger partial charge is 0.487 e. The molecule has 0 saturated heterocycles. The summed E-state index contributed by atoms with van der Waals surface area (Å²) in [5.74, 6) is 1.13. The maximum Gasteiger partial charge on any atom is 0.126 e. The molecule has 1 heterocycles. The Hall–Kier alpha value is -0.986. The maximum atomic E-state index is 6.06. The van der Waals surface area contributed by atoms with E-state index >= 15 is 0 Å². The molecule has 2 aromatic rings. The van der Waals surface area contributed by atoms with Crippen LogP contribution in [-0.4, -0.2) is 12.3 Å². The van der Waals surface area contributed by atoms with Gasteiger partial charge in [-0.1, -0.05) is 32.9 Å². The van der Waals surface area contributed by atoms with Crippen LogP contribution in [0.25, 0.3) is 0 Å². The van der Waals surface area contributed by atoms with E-state index in [1.165, 1.54) is 16.7 Å². The van der Waals surface area contributed by atoms with Gasteiger partial charge in [0, 0.05) is 44.7 Å². The van der Waals surface area contributed by atoms with Gasteiger partial charge < -0.3 is 9.73 Å². The van der Waals surface area contributed by atoms with Crippen LogP contribution in [0.5, 0.6) is 5.75 Å². The van der Waals surface area contributed by atoms with Crippen LogP contribution in [-0.2, 0) is 39.1 Å². The van der Waals surface area contributed by atoms with Crippen molar-refractivity contribution in [2.45, 2.75) is 60.0 Å². The Morgan fingerprint density at radius 1 is 1.16 bits per heavy atom. The van der Waals surface area contributed by atoms with Crippen molar-refractivity contribution in [3.05, 3.63) is 59.2 Å². The first-order valence-electron chi connectivity index (χ1n) is 8.65. The minimum Gasteiger partial charge on any atom is -0.487 e. The quantitative estimate of drug-likeness (QED) is 0.430. The molecule has 3 heteroatoms. The van der Waals surface area contributed by atoms with E-state index in [0.717, 1.165) is 18.6 Å². The van der Waals surface area contributed by atoms with Gasteiger partial charge in [-0.3, -0.25) is 6.07 Å². The fraction of sp³-hybridized carbons (Fsp3) is 0.409. The van der Waals surface area contributed by atoms with E-state index in [-0.39, 0.29) is 38.3 Å². The van der Waals surface area contributed by atoms with Crippen molar-refractivity contribution in [1.29, 1.82) is 0 Å². The van der Waals surface area contributed by atoms with E-state index in [1.807, 2.05) is 26.0 Å². The smallest absolute Gasteiger partial charge is 0.126 e. The molecule has 0 spiro atoms. The van der Waals surface area contributed by atoms with Gasteiger partial charge in [0.05, 0.1) is 0 Å². The van der Waals surface area contributed by atoms with Crippen LogP contribution in [0.3, 0.4) is 0 Å². The predicted octanol–water partition coefficient (Wildman–Crippen LogP) is 6.13. The topological polar surface area (TPSA) is 21.6 Å². The molecule has 1 unspecified atom stereocenters. The third kappa shape index (κ3) is 6.68. The van der Waals surface area contributed by atoms with E-state index in [2.05, 4.69) is 50.9 Å². The molecule has 0 bridgehead atoms. The summed E-state index contributed by atoms with van der Waals surface area (Å²) in [5.41, 5.74) is 4.76. The first-order chi connectivity index (χ1) is 11.5. The second-order valence-electron chi connectivity index (χ2n) is 5.97. The van der Waals surface area contributed by atoms with E-state index in [0.29, 0.717) is 5.69 Å². The molecule has 0 amide bonds. The van der Waals surface area contributed by atoms with Crippen molar-refractivity contribution < 1.29 is 37.4 Å². The molecular formula is C22H29NOY-2. The van der Waals surface area contributed by atoms with Crippen LogP contribution < -0.4 is 4.74 Å². The minimum atomic E-state index is 0. The molecule has 1 atom stereocenters. The number of para-hydroxylation sites is 1. The zero-order valence-electron chi connectivity index (χ0n) is 16.4. The number of ether oxygens (including phenoxy) is 1. The Kier molecular flexibility index (Phi) is 11.1. The Morgan fingerprint density at radius 3 is 2.24 bits per heavy atom. The molecule has 133 valence electrons. The first-order valence-corrected chi connectivity index (χ1v) is 8.65. The van der Waals surface area contributed by atoms with Crippen molar-refractivity contribution in [3.8, 4) is 5.75 Å². The molecule has 0 fully saturated rings. The van der Waals surface area contributed by atoms with Crippen LogP contribution in [0.4, 0.5) is 5.69 Å². The van der Waals surface area contributed by atoms with Gasteiger partial charge in [0.25, 0.3) is 0 Å². The summed E-state index contributed by atoms with van der Waals surface area (Å²) in [6.07, 6.45) is 2.13. The second kappa shape index (κ2) is 11.6. The Balaban J connectivity index is 0.000000451. The van der Waals surface area contributed by atoms with Crippen LogP contribution in [0.15, 0.2) is 41.4 Å². The third-order valence-electron chi connectivity index (χ3n) is 4.17. The first kappa shape index (κ1) is 24.0. The van der Waals surface area contributed by atoms with Crippen LogP contribution in [0.2, 0.25) is 0 Å². The average molecular weight is 412 g/mol. The van der Waals surface area contributed by atoms with Gasteiger partial charge in [0.1, 0.15) is 11.4 Å².